The van der Waals surface area contributed by atoms with Gasteiger partial charge in [-0.2, -0.15) is 0 Å². The molecule has 33 heavy (non-hydrogen) atoms. The SMILES string of the molecule is Cc1ccc2nc(C(=O)NCC3CCCC3)nc(N[C@H]3CCCC[C@H]3N=C3CCCN3)c2c1. The third-order valence-corrected chi connectivity index (χ3v) is 7.37. The summed E-state index contributed by atoms with van der Waals surface area (Å²) in [5.41, 5.74) is 1.96. The summed E-state index contributed by atoms with van der Waals surface area (Å²) < 4.78 is 0. The van der Waals surface area contributed by atoms with E-state index in [4.69, 9.17) is 9.98 Å². The number of aliphatic imine (C=N–C) groups is 1. The highest BCUT2D eigenvalue weighted by Gasteiger charge is 2.27. The summed E-state index contributed by atoms with van der Waals surface area (Å²) in [7, 11) is 0. The molecule has 7 heteroatoms. The Hall–Kier alpha value is -2.70. The normalized spacial score (nSPS) is 24.8. The molecule has 7 nitrogen and oxygen atoms in total. The van der Waals surface area contributed by atoms with Crippen LogP contribution in [-0.2, 0) is 0 Å². The summed E-state index contributed by atoms with van der Waals surface area (Å²) in [4.78, 5) is 27.4. The Morgan fingerprint density at radius 3 is 2.73 bits per heavy atom. The molecular weight excluding hydrogens is 412 g/mol. The smallest absolute Gasteiger partial charge is 0.289 e. The lowest BCUT2D eigenvalue weighted by Crippen LogP contribution is -2.37. The van der Waals surface area contributed by atoms with Gasteiger partial charge in [0.25, 0.3) is 5.91 Å². The maximum Gasteiger partial charge on any atom is 0.289 e. The fourth-order valence-corrected chi connectivity index (χ4v) is 5.48. The van der Waals surface area contributed by atoms with E-state index < -0.39 is 0 Å². The number of carbonyl (C=O) groups excluding carboxylic acids is 1. The Morgan fingerprint density at radius 2 is 1.91 bits per heavy atom. The molecular formula is C26H36N6O. The van der Waals surface area contributed by atoms with Crippen LogP contribution in [0.5, 0.6) is 0 Å². The molecule has 2 aliphatic carbocycles. The van der Waals surface area contributed by atoms with E-state index in [0.717, 1.165) is 53.9 Å². The van der Waals surface area contributed by atoms with Gasteiger partial charge in [0.05, 0.1) is 17.4 Å². The van der Waals surface area contributed by atoms with Crippen molar-refractivity contribution in [1.82, 2.24) is 20.6 Å². The van der Waals surface area contributed by atoms with Crippen LogP contribution in [0.15, 0.2) is 23.2 Å². The van der Waals surface area contributed by atoms with Gasteiger partial charge in [-0.1, -0.05) is 37.3 Å². The molecule has 0 radical (unpaired) electrons. The summed E-state index contributed by atoms with van der Waals surface area (Å²) in [6, 6.07) is 6.59. The fraction of sp³-hybridized carbons (Fsp3) is 0.615. The van der Waals surface area contributed by atoms with E-state index in [1.165, 1.54) is 44.9 Å². The van der Waals surface area contributed by atoms with Crippen LogP contribution in [0.1, 0.15) is 80.4 Å². The van der Waals surface area contributed by atoms with Crippen LogP contribution in [0, 0.1) is 12.8 Å². The summed E-state index contributed by atoms with van der Waals surface area (Å²) in [5.74, 6) is 2.56. The summed E-state index contributed by atoms with van der Waals surface area (Å²) in [6.45, 7) is 3.82. The Kier molecular flexibility index (Phi) is 6.74. The van der Waals surface area contributed by atoms with Crippen molar-refractivity contribution < 1.29 is 4.79 Å². The number of hydrogen-bond donors (Lipinski definition) is 3. The van der Waals surface area contributed by atoms with E-state index in [-0.39, 0.29) is 23.8 Å². The maximum atomic E-state index is 13.0. The zero-order valence-electron chi connectivity index (χ0n) is 19.7. The number of nitrogens with zero attached hydrogens (tertiary/aromatic N) is 3. The van der Waals surface area contributed by atoms with Crippen molar-refractivity contribution in [3.8, 4) is 0 Å². The number of carbonyl (C=O) groups is 1. The zero-order chi connectivity index (χ0) is 22.6. The number of fused-ring (bicyclic) bond motifs is 1. The monoisotopic (exact) mass is 448 g/mol. The highest BCUT2D eigenvalue weighted by Crippen LogP contribution is 2.29. The summed E-state index contributed by atoms with van der Waals surface area (Å²) in [5, 5.41) is 11.2. The molecule has 3 fully saturated rings. The second kappa shape index (κ2) is 10.1. The first-order valence-electron chi connectivity index (χ1n) is 12.8. The molecule has 2 aromatic rings. The molecule has 5 rings (SSSR count). The lowest BCUT2D eigenvalue weighted by molar-refractivity contribution is 0.0937. The molecule has 1 amide bonds. The highest BCUT2D eigenvalue weighted by molar-refractivity contribution is 5.96. The van der Waals surface area contributed by atoms with Crippen LogP contribution in [0.3, 0.4) is 0 Å². The Balaban J connectivity index is 1.40. The lowest BCUT2D eigenvalue weighted by Gasteiger charge is -2.30. The standard InChI is InChI=1S/C26H36N6O/c1-17-12-13-20-19(15-17)24(32-25(30-20)26(33)28-16-18-7-2-3-8-18)31-22-10-5-4-9-21(22)29-23-11-6-14-27-23/h12-13,15,18,21-22H,2-11,14,16H2,1H3,(H,27,29)(H,28,33)(H,30,31,32)/t21-,22+/m1/s1. The van der Waals surface area contributed by atoms with Crippen molar-refractivity contribution in [3.05, 3.63) is 29.6 Å². The number of rotatable bonds is 6. The van der Waals surface area contributed by atoms with Gasteiger partial charge >= 0.3 is 0 Å². The second-order valence-corrected chi connectivity index (χ2v) is 9.99. The molecule has 2 saturated carbocycles. The van der Waals surface area contributed by atoms with Gasteiger partial charge in [0.2, 0.25) is 5.82 Å². The van der Waals surface area contributed by atoms with Crippen molar-refractivity contribution in [2.75, 3.05) is 18.4 Å². The number of amides is 1. The van der Waals surface area contributed by atoms with Gasteiger partial charge in [-0.05, 0) is 57.1 Å². The van der Waals surface area contributed by atoms with E-state index in [1.54, 1.807) is 0 Å². The minimum atomic E-state index is -0.178. The van der Waals surface area contributed by atoms with Crippen LogP contribution in [0.25, 0.3) is 10.9 Å². The molecule has 1 saturated heterocycles. The van der Waals surface area contributed by atoms with Crippen LogP contribution in [0.2, 0.25) is 0 Å². The Labute approximate surface area is 196 Å². The zero-order valence-corrected chi connectivity index (χ0v) is 19.7. The average Bonchev–Trinajstić information content (AvgIpc) is 3.53. The van der Waals surface area contributed by atoms with Crippen molar-refractivity contribution in [1.29, 1.82) is 0 Å². The Morgan fingerprint density at radius 1 is 1.09 bits per heavy atom. The van der Waals surface area contributed by atoms with E-state index >= 15 is 0 Å². The average molecular weight is 449 g/mol. The lowest BCUT2D eigenvalue weighted by atomic mass is 9.90. The topological polar surface area (TPSA) is 91.3 Å². The van der Waals surface area contributed by atoms with Crippen LogP contribution in [0.4, 0.5) is 5.82 Å². The molecule has 176 valence electrons. The van der Waals surface area contributed by atoms with Crippen LogP contribution < -0.4 is 16.0 Å². The van der Waals surface area contributed by atoms with Crippen LogP contribution >= 0.6 is 0 Å². The van der Waals surface area contributed by atoms with Gasteiger partial charge < -0.3 is 16.0 Å². The van der Waals surface area contributed by atoms with Crippen molar-refractivity contribution in [2.24, 2.45) is 10.9 Å². The van der Waals surface area contributed by atoms with Gasteiger partial charge in [-0.25, -0.2) is 9.97 Å². The molecule has 1 aliphatic heterocycles. The predicted molar refractivity (Wildman–Crippen MR) is 133 cm³/mol. The molecule has 0 bridgehead atoms. The molecule has 2 atom stereocenters. The maximum absolute atomic E-state index is 13.0. The number of nitrogens with one attached hydrogen (secondary N) is 3. The van der Waals surface area contributed by atoms with E-state index in [0.29, 0.717) is 12.5 Å². The minimum Gasteiger partial charge on any atom is -0.374 e. The summed E-state index contributed by atoms with van der Waals surface area (Å²) in [6.07, 6.45) is 11.7. The third-order valence-electron chi connectivity index (χ3n) is 7.37. The van der Waals surface area contributed by atoms with E-state index in [9.17, 15) is 4.79 Å². The number of amidine groups is 1. The van der Waals surface area contributed by atoms with Crippen molar-refractivity contribution in [3.63, 3.8) is 0 Å². The minimum absolute atomic E-state index is 0.178. The molecule has 3 N–H and O–H groups in total. The molecule has 1 aromatic heterocycles. The van der Waals surface area contributed by atoms with Gasteiger partial charge in [0.15, 0.2) is 0 Å². The second-order valence-electron chi connectivity index (χ2n) is 9.99. The number of hydrogen-bond acceptors (Lipinski definition) is 5. The molecule has 2 heterocycles. The van der Waals surface area contributed by atoms with E-state index in [2.05, 4.69) is 33.9 Å². The van der Waals surface area contributed by atoms with Gasteiger partial charge in [0.1, 0.15) is 5.82 Å². The van der Waals surface area contributed by atoms with E-state index in [1.807, 2.05) is 12.1 Å². The quantitative estimate of drug-likeness (QED) is 0.611. The van der Waals surface area contributed by atoms with Gasteiger partial charge in [0, 0.05) is 30.9 Å². The molecule has 0 spiro atoms. The number of aromatic nitrogens is 2. The first-order valence-corrected chi connectivity index (χ1v) is 12.8. The predicted octanol–water partition coefficient (Wildman–Crippen LogP) is 4.36. The summed E-state index contributed by atoms with van der Waals surface area (Å²) >= 11 is 0. The van der Waals surface area contributed by atoms with Crippen LogP contribution in [-0.4, -0.2) is 46.9 Å². The number of anilines is 1. The first-order chi connectivity index (χ1) is 16.2. The van der Waals surface area contributed by atoms with Gasteiger partial charge in [-0.3, -0.25) is 9.79 Å². The third kappa shape index (κ3) is 5.28. The number of benzene rings is 1. The molecule has 0 unspecified atom stereocenters. The van der Waals surface area contributed by atoms with Crippen molar-refractivity contribution in [2.45, 2.75) is 83.2 Å². The molecule has 1 aromatic carbocycles. The van der Waals surface area contributed by atoms with Gasteiger partial charge in [-0.15, -0.1) is 0 Å². The Bertz CT molecular complexity index is 1020. The largest absolute Gasteiger partial charge is 0.374 e. The first kappa shape index (κ1) is 22.1. The number of aryl methyl sites for hydroxylation is 1. The highest BCUT2D eigenvalue weighted by atomic mass is 16.2. The molecule has 3 aliphatic rings. The van der Waals surface area contributed by atoms with Crippen molar-refractivity contribution >= 4 is 28.5 Å². The fourth-order valence-electron chi connectivity index (χ4n) is 5.48.